The molecule has 0 unspecified atom stereocenters. The van der Waals surface area contributed by atoms with Crippen LogP contribution in [-0.2, 0) is 9.53 Å². The van der Waals surface area contributed by atoms with E-state index in [-0.39, 0.29) is 12.5 Å². The molecule has 7 heteroatoms. The van der Waals surface area contributed by atoms with Gasteiger partial charge in [-0.3, -0.25) is 4.79 Å². The van der Waals surface area contributed by atoms with Crippen molar-refractivity contribution in [3.8, 4) is 11.4 Å². The van der Waals surface area contributed by atoms with Crippen LogP contribution < -0.4 is 5.32 Å². The van der Waals surface area contributed by atoms with E-state index in [1.807, 2.05) is 44.2 Å². The number of nitrogens with one attached hydrogen (secondary N) is 1. The summed E-state index contributed by atoms with van der Waals surface area (Å²) in [5.74, 6) is 1.37. The number of aromatic nitrogens is 4. The standard InChI is InChI=1S/C16H17N5O2/c1-10-6-4-5-7-12(10)15-19-16-18-11(2)8-13(21(16)20-15)17-9-14(22)23-3/h4-8,17H,9H2,1-3H3. The van der Waals surface area contributed by atoms with Crippen molar-refractivity contribution in [3.63, 3.8) is 0 Å². The number of methoxy groups -OCH3 is 1. The quantitative estimate of drug-likeness (QED) is 0.742. The highest BCUT2D eigenvalue weighted by molar-refractivity contribution is 5.74. The van der Waals surface area contributed by atoms with Crippen LogP contribution in [0.15, 0.2) is 30.3 Å². The Morgan fingerprint density at radius 2 is 2.04 bits per heavy atom. The van der Waals surface area contributed by atoms with E-state index in [1.54, 1.807) is 4.52 Å². The summed E-state index contributed by atoms with van der Waals surface area (Å²) in [7, 11) is 1.35. The normalized spacial score (nSPS) is 10.7. The van der Waals surface area contributed by atoms with Gasteiger partial charge in [0.15, 0.2) is 5.82 Å². The lowest BCUT2D eigenvalue weighted by Crippen LogP contribution is -2.17. The molecule has 0 amide bonds. The average molecular weight is 311 g/mol. The molecule has 2 aromatic heterocycles. The molecule has 1 aromatic carbocycles. The highest BCUT2D eigenvalue weighted by Crippen LogP contribution is 2.21. The van der Waals surface area contributed by atoms with Gasteiger partial charge in [-0.1, -0.05) is 24.3 Å². The van der Waals surface area contributed by atoms with Gasteiger partial charge in [0.2, 0.25) is 0 Å². The molecule has 0 bridgehead atoms. The number of nitrogens with zero attached hydrogens (tertiary/aromatic N) is 4. The van der Waals surface area contributed by atoms with E-state index in [9.17, 15) is 4.79 Å². The number of anilines is 1. The molecule has 7 nitrogen and oxygen atoms in total. The lowest BCUT2D eigenvalue weighted by molar-refractivity contribution is -0.138. The Hall–Kier alpha value is -2.96. The lowest BCUT2D eigenvalue weighted by Gasteiger charge is -2.07. The Kier molecular flexibility index (Phi) is 3.92. The zero-order valence-electron chi connectivity index (χ0n) is 13.2. The molecule has 1 N–H and O–H groups in total. The zero-order valence-corrected chi connectivity index (χ0v) is 13.2. The molecule has 0 atom stereocenters. The maximum Gasteiger partial charge on any atom is 0.325 e. The third-order valence-electron chi connectivity index (χ3n) is 3.47. The van der Waals surface area contributed by atoms with Crippen molar-refractivity contribution in [2.75, 3.05) is 19.0 Å². The Morgan fingerprint density at radius 3 is 2.78 bits per heavy atom. The van der Waals surface area contributed by atoms with Crippen molar-refractivity contribution >= 4 is 17.6 Å². The predicted molar refractivity (Wildman–Crippen MR) is 86.2 cm³/mol. The van der Waals surface area contributed by atoms with Crippen LogP contribution in [0.25, 0.3) is 17.2 Å². The van der Waals surface area contributed by atoms with Gasteiger partial charge in [-0.25, -0.2) is 4.98 Å². The van der Waals surface area contributed by atoms with Crippen LogP contribution in [-0.4, -0.2) is 39.2 Å². The van der Waals surface area contributed by atoms with Crippen molar-refractivity contribution in [1.29, 1.82) is 0 Å². The van der Waals surface area contributed by atoms with E-state index in [4.69, 9.17) is 0 Å². The molecular weight excluding hydrogens is 294 g/mol. The van der Waals surface area contributed by atoms with Gasteiger partial charge in [0.05, 0.1) is 7.11 Å². The Labute approximate surface area is 133 Å². The third kappa shape index (κ3) is 2.98. The fraction of sp³-hybridized carbons (Fsp3) is 0.250. The molecule has 118 valence electrons. The van der Waals surface area contributed by atoms with E-state index >= 15 is 0 Å². The SMILES string of the molecule is COC(=O)CNc1cc(C)nc2nc(-c3ccccc3C)nn12. The predicted octanol–water partition coefficient (Wildman–Crippen LogP) is 1.99. The average Bonchev–Trinajstić information content (AvgIpc) is 2.96. The van der Waals surface area contributed by atoms with E-state index in [2.05, 4.69) is 25.1 Å². The van der Waals surface area contributed by atoms with E-state index in [0.717, 1.165) is 16.8 Å². The number of hydrogen-bond acceptors (Lipinski definition) is 6. The third-order valence-corrected chi connectivity index (χ3v) is 3.47. The van der Waals surface area contributed by atoms with E-state index in [0.29, 0.717) is 17.4 Å². The van der Waals surface area contributed by atoms with Crippen LogP contribution in [0.4, 0.5) is 5.82 Å². The molecule has 0 aliphatic rings. The first kappa shape index (κ1) is 15.0. The summed E-state index contributed by atoms with van der Waals surface area (Å²) in [5.41, 5.74) is 2.83. The number of esters is 1. The maximum atomic E-state index is 11.3. The second-order valence-electron chi connectivity index (χ2n) is 5.17. The van der Waals surface area contributed by atoms with E-state index in [1.165, 1.54) is 7.11 Å². The van der Waals surface area contributed by atoms with Gasteiger partial charge >= 0.3 is 5.97 Å². The van der Waals surface area contributed by atoms with Gasteiger partial charge in [0.1, 0.15) is 12.4 Å². The Bertz CT molecular complexity index is 872. The number of carbonyl (C=O) groups is 1. The molecular formula is C16H17N5O2. The minimum Gasteiger partial charge on any atom is -0.468 e. The Morgan fingerprint density at radius 1 is 1.26 bits per heavy atom. The number of fused-ring (bicyclic) bond motifs is 1. The molecule has 0 fully saturated rings. The topological polar surface area (TPSA) is 81.4 Å². The zero-order chi connectivity index (χ0) is 16.4. The van der Waals surface area contributed by atoms with Crippen molar-refractivity contribution in [1.82, 2.24) is 19.6 Å². The Balaban J connectivity index is 2.05. The summed E-state index contributed by atoms with van der Waals surface area (Å²) in [6.45, 7) is 3.93. The summed E-state index contributed by atoms with van der Waals surface area (Å²) in [4.78, 5) is 20.2. The number of hydrogen-bond donors (Lipinski definition) is 1. The van der Waals surface area contributed by atoms with Gasteiger partial charge in [-0.15, -0.1) is 5.10 Å². The van der Waals surface area contributed by atoms with Crippen LogP contribution in [0.3, 0.4) is 0 Å². The van der Waals surface area contributed by atoms with Crippen LogP contribution in [0.1, 0.15) is 11.3 Å². The molecule has 0 saturated carbocycles. The highest BCUT2D eigenvalue weighted by atomic mass is 16.5. The molecule has 0 aliphatic heterocycles. The molecule has 0 saturated heterocycles. The summed E-state index contributed by atoms with van der Waals surface area (Å²) < 4.78 is 6.24. The first-order valence-electron chi connectivity index (χ1n) is 7.19. The van der Waals surface area contributed by atoms with Gasteiger partial charge in [-0.05, 0) is 19.4 Å². The van der Waals surface area contributed by atoms with Crippen LogP contribution in [0.2, 0.25) is 0 Å². The highest BCUT2D eigenvalue weighted by Gasteiger charge is 2.13. The first-order valence-corrected chi connectivity index (χ1v) is 7.19. The van der Waals surface area contributed by atoms with Crippen molar-refractivity contribution in [3.05, 3.63) is 41.6 Å². The monoisotopic (exact) mass is 311 g/mol. The van der Waals surface area contributed by atoms with Gasteiger partial charge in [0, 0.05) is 17.3 Å². The summed E-state index contributed by atoms with van der Waals surface area (Å²) in [5, 5.41) is 7.52. The molecule has 2 heterocycles. The second-order valence-corrected chi connectivity index (χ2v) is 5.17. The molecule has 0 aliphatic carbocycles. The molecule has 3 rings (SSSR count). The molecule has 3 aromatic rings. The van der Waals surface area contributed by atoms with Gasteiger partial charge in [-0.2, -0.15) is 9.50 Å². The number of carbonyl (C=O) groups excluding carboxylic acids is 1. The lowest BCUT2D eigenvalue weighted by atomic mass is 10.1. The largest absolute Gasteiger partial charge is 0.468 e. The van der Waals surface area contributed by atoms with Gasteiger partial charge in [0.25, 0.3) is 5.78 Å². The smallest absolute Gasteiger partial charge is 0.325 e. The number of ether oxygens (including phenoxy) is 1. The van der Waals surface area contributed by atoms with Gasteiger partial charge < -0.3 is 10.1 Å². The van der Waals surface area contributed by atoms with Crippen LogP contribution >= 0.6 is 0 Å². The summed E-state index contributed by atoms with van der Waals surface area (Å²) in [6.07, 6.45) is 0. The molecule has 0 radical (unpaired) electrons. The van der Waals surface area contributed by atoms with Crippen molar-refractivity contribution < 1.29 is 9.53 Å². The fourth-order valence-corrected chi connectivity index (χ4v) is 2.29. The van der Waals surface area contributed by atoms with Crippen LogP contribution in [0, 0.1) is 13.8 Å². The number of rotatable bonds is 4. The van der Waals surface area contributed by atoms with E-state index < -0.39 is 0 Å². The van der Waals surface area contributed by atoms with Crippen molar-refractivity contribution in [2.24, 2.45) is 0 Å². The molecule has 23 heavy (non-hydrogen) atoms. The summed E-state index contributed by atoms with van der Waals surface area (Å²) >= 11 is 0. The number of aryl methyl sites for hydroxylation is 2. The van der Waals surface area contributed by atoms with Crippen molar-refractivity contribution in [2.45, 2.75) is 13.8 Å². The molecule has 0 spiro atoms. The number of benzene rings is 1. The first-order chi connectivity index (χ1) is 11.1. The minimum absolute atomic E-state index is 0.0502. The second kappa shape index (κ2) is 6.04. The van der Waals surface area contributed by atoms with Crippen LogP contribution in [0.5, 0.6) is 0 Å². The summed E-state index contributed by atoms with van der Waals surface area (Å²) in [6, 6.07) is 9.71. The minimum atomic E-state index is -0.355. The maximum absolute atomic E-state index is 11.3. The fourth-order valence-electron chi connectivity index (χ4n) is 2.29.